The number of likely N-dealkylation sites (tertiary alicyclic amines) is 1. The van der Waals surface area contributed by atoms with Crippen molar-refractivity contribution in [3.63, 3.8) is 0 Å². The predicted octanol–water partition coefficient (Wildman–Crippen LogP) is 3.64. The SMILES string of the molecule is CS(=O)(=O)c1ccc(OCC2CC(c3ncc[nH]3)CCN2Cc2ccccc2)cc1. The molecule has 0 spiro atoms. The molecule has 158 valence electrons. The van der Waals surface area contributed by atoms with Crippen molar-refractivity contribution in [3.8, 4) is 5.75 Å². The smallest absolute Gasteiger partial charge is 0.175 e. The largest absolute Gasteiger partial charge is 0.492 e. The van der Waals surface area contributed by atoms with E-state index in [0.29, 0.717) is 23.2 Å². The second-order valence-corrected chi connectivity index (χ2v) is 9.88. The third-order valence-corrected chi connectivity index (χ3v) is 6.80. The van der Waals surface area contributed by atoms with Gasteiger partial charge < -0.3 is 9.72 Å². The lowest BCUT2D eigenvalue weighted by Gasteiger charge is -2.38. The van der Waals surface area contributed by atoms with Crippen LogP contribution in [0.4, 0.5) is 0 Å². The Hall–Kier alpha value is -2.64. The lowest BCUT2D eigenvalue weighted by Crippen LogP contribution is -2.44. The molecule has 2 unspecified atom stereocenters. The minimum atomic E-state index is -3.20. The molecule has 0 saturated carbocycles. The van der Waals surface area contributed by atoms with Gasteiger partial charge in [-0.15, -0.1) is 0 Å². The zero-order valence-corrected chi connectivity index (χ0v) is 17.9. The van der Waals surface area contributed by atoms with Crippen molar-refractivity contribution in [3.05, 3.63) is 78.4 Å². The quantitative estimate of drug-likeness (QED) is 0.626. The average Bonchev–Trinajstić information content (AvgIpc) is 3.28. The summed E-state index contributed by atoms with van der Waals surface area (Å²) in [6.07, 6.45) is 6.91. The van der Waals surface area contributed by atoms with E-state index in [1.807, 2.05) is 12.3 Å². The van der Waals surface area contributed by atoms with E-state index in [1.165, 1.54) is 11.8 Å². The number of aromatic amines is 1. The van der Waals surface area contributed by atoms with Crippen LogP contribution >= 0.6 is 0 Å². The van der Waals surface area contributed by atoms with Gasteiger partial charge in [0, 0.05) is 37.2 Å². The standard InChI is InChI=1S/C23H27N3O3S/c1-30(27,28)22-9-7-21(8-10-22)29-17-20-15-19(23-24-12-13-25-23)11-14-26(20)16-18-5-3-2-4-6-18/h2-10,12-13,19-20H,11,14-17H2,1H3,(H,24,25). The number of hydrogen-bond donors (Lipinski definition) is 1. The van der Waals surface area contributed by atoms with Gasteiger partial charge in [0.15, 0.2) is 9.84 Å². The molecule has 0 bridgehead atoms. The van der Waals surface area contributed by atoms with Crippen LogP contribution in [0, 0.1) is 0 Å². The number of benzene rings is 2. The molecule has 1 aromatic heterocycles. The van der Waals surface area contributed by atoms with Crippen molar-refractivity contribution >= 4 is 9.84 Å². The second-order valence-electron chi connectivity index (χ2n) is 7.86. The summed E-state index contributed by atoms with van der Waals surface area (Å²) < 4.78 is 29.4. The number of hydrogen-bond acceptors (Lipinski definition) is 5. The predicted molar refractivity (Wildman–Crippen MR) is 116 cm³/mol. The van der Waals surface area contributed by atoms with E-state index in [0.717, 1.165) is 31.8 Å². The molecule has 6 nitrogen and oxygen atoms in total. The summed E-state index contributed by atoms with van der Waals surface area (Å²) in [6, 6.07) is 17.4. The van der Waals surface area contributed by atoms with E-state index < -0.39 is 9.84 Å². The maximum atomic E-state index is 11.7. The highest BCUT2D eigenvalue weighted by Gasteiger charge is 2.31. The molecular formula is C23H27N3O3S. The van der Waals surface area contributed by atoms with Gasteiger partial charge >= 0.3 is 0 Å². The van der Waals surface area contributed by atoms with Crippen molar-refractivity contribution in [2.45, 2.75) is 36.2 Å². The highest BCUT2D eigenvalue weighted by Crippen LogP contribution is 2.31. The van der Waals surface area contributed by atoms with Crippen molar-refractivity contribution < 1.29 is 13.2 Å². The van der Waals surface area contributed by atoms with Gasteiger partial charge in [0.25, 0.3) is 0 Å². The third-order valence-electron chi connectivity index (χ3n) is 5.67. The zero-order chi connectivity index (χ0) is 21.0. The van der Waals surface area contributed by atoms with E-state index in [2.05, 4.69) is 39.1 Å². The molecular weight excluding hydrogens is 398 g/mol. The number of nitrogens with zero attached hydrogens (tertiary/aromatic N) is 2. The van der Waals surface area contributed by atoms with Gasteiger partial charge in [-0.3, -0.25) is 4.90 Å². The van der Waals surface area contributed by atoms with Gasteiger partial charge in [0.1, 0.15) is 18.2 Å². The first-order chi connectivity index (χ1) is 14.5. The molecule has 3 aromatic rings. The molecule has 4 rings (SSSR count). The van der Waals surface area contributed by atoms with Crippen molar-refractivity contribution in [1.82, 2.24) is 14.9 Å². The Morgan fingerprint density at radius 3 is 2.57 bits per heavy atom. The Balaban J connectivity index is 1.46. The van der Waals surface area contributed by atoms with Crippen LogP contribution < -0.4 is 4.74 Å². The maximum absolute atomic E-state index is 11.7. The van der Waals surface area contributed by atoms with Crippen molar-refractivity contribution in [1.29, 1.82) is 0 Å². The highest BCUT2D eigenvalue weighted by atomic mass is 32.2. The number of piperidine rings is 1. The average molecular weight is 426 g/mol. The highest BCUT2D eigenvalue weighted by molar-refractivity contribution is 7.90. The van der Waals surface area contributed by atoms with Crippen LogP contribution in [0.15, 0.2) is 71.9 Å². The minimum Gasteiger partial charge on any atom is -0.492 e. The number of H-pyrrole nitrogens is 1. The van der Waals surface area contributed by atoms with Gasteiger partial charge in [-0.2, -0.15) is 0 Å². The maximum Gasteiger partial charge on any atom is 0.175 e. The normalized spacial score (nSPS) is 20.2. The Morgan fingerprint density at radius 2 is 1.90 bits per heavy atom. The second kappa shape index (κ2) is 9.02. The van der Waals surface area contributed by atoms with Crippen LogP contribution in [-0.2, 0) is 16.4 Å². The monoisotopic (exact) mass is 425 g/mol. The van der Waals surface area contributed by atoms with Gasteiger partial charge in [-0.25, -0.2) is 13.4 Å². The first-order valence-electron chi connectivity index (χ1n) is 10.2. The molecule has 0 aliphatic carbocycles. The van der Waals surface area contributed by atoms with Gasteiger partial charge in [-0.05, 0) is 49.2 Å². The van der Waals surface area contributed by atoms with E-state index in [1.54, 1.807) is 30.5 Å². The van der Waals surface area contributed by atoms with Crippen molar-refractivity contribution in [2.75, 3.05) is 19.4 Å². The van der Waals surface area contributed by atoms with Crippen LogP contribution in [-0.4, -0.2) is 48.7 Å². The first kappa shape index (κ1) is 20.6. The van der Waals surface area contributed by atoms with Crippen molar-refractivity contribution in [2.24, 2.45) is 0 Å². The summed E-state index contributed by atoms with van der Waals surface area (Å²) in [5.74, 6) is 2.10. The molecule has 0 radical (unpaired) electrons. The zero-order valence-electron chi connectivity index (χ0n) is 17.1. The minimum absolute atomic E-state index is 0.239. The van der Waals surface area contributed by atoms with Crippen LogP contribution in [0.1, 0.15) is 30.1 Å². The van der Waals surface area contributed by atoms with E-state index >= 15 is 0 Å². The molecule has 30 heavy (non-hydrogen) atoms. The molecule has 1 aliphatic rings. The van der Waals surface area contributed by atoms with E-state index in [9.17, 15) is 8.42 Å². The first-order valence-corrected chi connectivity index (χ1v) is 12.1. The summed E-state index contributed by atoms with van der Waals surface area (Å²) in [5.41, 5.74) is 1.29. The summed E-state index contributed by atoms with van der Waals surface area (Å²) >= 11 is 0. The molecule has 2 heterocycles. The lowest BCUT2D eigenvalue weighted by atomic mass is 9.90. The molecule has 1 saturated heterocycles. The Bertz CT molecular complexity index is 1040. The Kier molecular flexibility index (Phi) is 6.20. The fraction of sp³-hybridized carbons (Fsp3) is 0.348. The molecule has 2 aromatic carbocycles. The number of sulfone groups is 1. The summed E-state index contributed by atoms with van der Waals surface area (Å²) in [7, 11) is -3.20. The van der Waals surface area contributed by atoms with E-state index in [4.69, 9.17) is 4.74 Å². The topological polar surface area (TPSA) is 75.3 Å². The molecule has 1 fully saturated rings. The number of imidazole rings is 1. The van der Waals surface area contributed by atoms with Gasteiger partial charge in [0.05, 0.1) is 4.90 Å². The molecule has 1 aliphatic heterocycles. The molecule has 2 atom stereocenters. The molecule has 7 heteroatoms. The Labute approximate surface area is 177 Å². The molecule has 1 N–H and O–H groups in total. The summed E-state index contributed by atoms with van der Waals surface area (Å²) in [5, 5.41) is 0. The summed E-state index contributed by atoms with van der Waals surface area (Å²) in [6.45, 7) is 2.40. The number of ether oxygens (including phenoxy) is 1. The number of aromatic nitrogens is 2. The van der Waals surface area contributed by atoms with E-state index in [-0.39, 0.29) is 6.04 Å². The summed E-state index contributed by atoms with van der Waals surface area (Å²) in [4.78, 5) is 10.5. The van der Waals surface area contributed by atoms with Crippen LogP contribution in [0.25, 0.3) is 0 Å². The van der Waals surface area contributed by atoms with Crippen LogP contribution in [0.2, 0.25) is 0 Å². The number of nitrogens with one attached hydrogen (secondary N) is 1. The van der Waals surface area contributed by atoms with Crippen LogP contribution in [0.5, 0.6) is 5.75 Å². The van der Waals surface area contributed by atoms with Gasteiger partial charge in [-0.1, -0.05) is 30.3 Å². The molecule has 0 amide bonds. The third kappa shape index (κ3) is 5.09. The Morgan fingerprint density at radius 1 is 1.13 bits per heavy atom. The lowest BCUT2D eigenvalue weighted by molar-refractivity contribution is 0.0821. The van der Waals surface area contributed by atoms with Crippen LogP contribution in [0.3, 0.4) is 0 Å². The number of rotatable bonds is 7. The van der Waals surface area contributed by atoms with Gasteiger partial charge in [0.2, 0.25) is 0 Å². The fourth-order valence-electron chi connectivity index (χ4n) is 4.02. The fourth-order valence-corrected chi connectivity index (χ4v) is 4.65.